The molecule has 0 atom stereocenters. The summed E-state index contributed by atoms with van der Waals surface area (Å²) in [5.74, 6) is 0.712. The Morgan fingerprint density at radius 3 is 2.44 bits per heavy atom. The van der Waals surface area contributed by atoms with E-state index in [2.05, 4.69) is 0 Å². The summed E-state index contributed by atoms with van der Waals surface area (Å²) in [6.07, 6.45) is 1.50. The Labute approximate surface area is 107 Å². The lowest BCUT2D eigenvalue weighted by molar-refractivity contribution is -0.416. The fourth-order valence-electron chi connectivity index (χ4n) is 1.65. The summed E-state index contributed by atoms with van der Waals surface area (Å²) in [6.45, 7) is 0.494. The Balaban J connectivity index is 2.12. The molecule has 0 radical (unpaired) electrons. The first-order chi connectivity index (χ1) is 8.75. The van der Waals surface area contributed by atoms with E-state index in [1.165, 1.54) is 13.3 Å². The van der Waals surface area contributed by atoms with Gasteiger partial charge in [0, 0.05) is 0 Å². The molecule has 0 unspecified atom stereocenters. The minimum Gasteiger partial charge on any atom is -0.624 e. The molecule has 0 aromatic heterocycles. The second-order valence-electron chi connectivity index (χ2n) is 3.99. The molecule has 0 saturated carbocycles. The number of hydrogen-bond acceptors (Lipinski definition) is 2. The van der Waals surface area contributed by atoms with E-state index in [1.54, 1.807) is 0 Å². The van der Waals surface area contributed by atoms with Crippen molar-refractivity contribution in [2.24, 2.45) is 0 Å². The number of rotatable bonds is 4. The fraction of sp³-hybridized carbons (Fsp3) is 0.133. The third-order valence-corrected chi connectivity index (χ3v) is 2.48. The maximum Gasteiger partial charge on any atom is 0.185 e. The molecule has 2 aromatic rings. The lowest BCUT2D eigenvalue weighted by Crippen LogP contribution is -2.02. The molecule has 3 nitrogen and oxygen atoms in total. The molecule has 0 spiro atoms. The maximum atomic E-state index is 11.0. The Morgan fingerprint density at radius 1 is 1.06 bits per heavy atom. The predicted octanol–water partition coefficient (Wildman–Crippen LogP) is 2.82. The summed E-state index contributed by atoms with van der Waals surface area (Å²) in [7, 11) is 1.45. The predicted molar refractivity (Wildman–Crippen MR) is 71.9 cm³/mol. The minimum atomic E-state index is 0.494. The van der Waals surface area contributed by atoms with Gasteiger partial charge < -0.3 is 9.94 Å². The van der Waals surface area contributed by atoms with Crippen LogP contribution in [-0.4, -0.2) is 18.0 Å². The summed E-state index contributed by atoms with van der Waals surface area (Å²) in [5, 5.41) is 11.0. The first-order valence-corrected chi connectivity index (χ1v) is 5.76. The van der Waals surface area contributed by atoms with Crippen molar-refractivity contribution in [3.63, 3.8) is 0 Å². The average molecular weight is 241 g/mol. The van der Waals surface area contributed by atoms with Gasteiger partial charge in [-0.25, -0.2) is 4.74 Å². The van der Waals surface area contributed by atoms with E-state index >= 15 is 0 Å². The van der Waals surface area contributed by atoms with Gasteiger partial charge in [0.25, 0.3) is 0 Å². The van der Waals surface area contributed by atoms with Crippen LogP contribution in [0.3, 0.4) is 0 Å². The summed E-state index contributed by atoms with van der Waals surface area (Å²) < 4.78 is 6.50. The van der Waals surface area contributed by atoms with Gasteiger partial charge in [-0.1, -0.05) is 42.5 Å². The monoisotopic (exact) mass is 241 g/mol. The van der Waals surface area contributed by atoms with Gasteiger partial charge in [0.05, 0.1) is 5.56 Å². The van der Waals surface area contributed by atoms with Crippen LogP contribution < -0.4 is 4.74 Å². The number of hydrogen-bond donors (Lipinski definition) is 0. The molecule has 92 valence electrons. The molecular weight excluding hydrogens is 226 g/mol. The van der Waals surface area contributed by atoms with E-state index in [1.807, 2.05) is 54.6 Å². The third-order valence-electron chi connectivity index (χ3n) is 2.48. The molecule has 18 heavy (non-hydrogen) atoms. The molecule has 0 bridgehead atoms. The first kappa shape index (κ1) is 12.2. The van der Waals surface area contributed by atoms with Crippen molar-refractivity contribution in [2.75, 3.05) is 7.05 Å². The molecule has 0 fully saturated rings. The van der Waals surface area contributed by atoms with Gasteiger partial charge in [0.1, 0.15) is 19.4 Å². The molecule has 3 heteroatoms. The highest BCUT2D eigenvalue weighted by molar-refractivity contribution is 5.79. The highest BCUT2D eigenvalue weighted by atomic mass is 16.5. The second-order valence-corrected chi connectivity index (χ2v) is 3.99. The minimum absolute atomic E-state index is 0.494. The van der Waals surface area contributed by atoms with Gasteiger partial charge in [-0.3, -0.25) is 0 Å². The first-order valence-electron chi connectivity index (χ1n) is 5.76. The number of nitrogens with zero attached hydrogens (tertiary/aromatic N) is 1. The van der Waals surface area contributed by atoms with Crippen LogP contribution in [0, 0.1) is 5.21 Å². The largest absolute Gasteiger partial charge is 0.624 e. The molecule has 2 rings (SSSR count). The van der Waals surface area contributed by atoms with Gasteiger partial charge in [-0.15, -0.1) is 0 Å². The van der Waals surface area contributed by atoms with Crippen molar-refractivity contribution in [2.45, 2.75) is 6.61 Å². The van der Waals surface area contributed by atoms with Crippen molar-refractivity contribution >= 4 is 6.21 Å². The van der Waals surface area contributed by atoms with Crippen molar-refractivity contribution in [3.8, 4) is 5.75 Å². The van der Waals surface area contributed by atoms with Crippen LogP contribution >= 0.6 is 0 Å². The zero-order valence-corrected chi connectivity index (χ0v) is 10.2. The Bertz CT molecular complexity index is 531. The highest BCUT2D eigenvalue weighted by Gasteiger charge is 2.03. The lowest BCUT2D eigenvalue weighted by Gasteiger charge is -2.08. The second kappa shape index (κ2) is 5.87. The number of hydroxylamine groups is 1. The van der Waals surface area contributed by atoms with E-state index in [-0.39, 0.29) is 0 Å². The van der Waals surface area contributed by atoms with Gasteiger partial charge >= 0.3 is 0 Å². The molecule has 0 amide bonds. The van der Waals surface area contributed by atoms with Crippen LogP contribution in [0.2, 0.25) is 0 Å². The lowest BCUT2D eigenvalue weighted by atomic mass is 10.2. The number of para-hydroxylation sites is 1. The average Bonchev–Trinajstić information content (AvgIpc) is 2.38. The normalized spacial score (nSPS) is 11.3. The summed E-state index contributed by atoms with van der Waals surface area (Å²) in [5.41, 5.74) is 1.88. The maximum absolute atomic E-state index is 11.0. The highest BCUT2D eigenvalue weighted by Crippen LogP contribution is 2.17. The molecule has 0 aliphatic carbocycles. The molecule has 0 aliphatic rings. The van der Waals surface area contributed by atoms with E-state index in [9.17, 15) is 5.21 Å². The van der Waals surface area contributed by atoms with Crippen molar-refractivity contribution in [1.82, 2.24) is 0 Å². The quantitative estimate of drug-likeness (QED) is 0.357. The summed E-state index contributed by atoms with van der Waals surface area (Å²) in [4.78, 5) is 0. The standard InChI is InChI=1S/C15H15NO2/c1-16(17)11-14-9-5-6-10-15(14)18-12-13-7-3-2-4-8-13/h2-11H,12H2,1H3/b16-11+. The smallest absolute Gasteiger partial charge is 0.185 e. The van der Waals surface area contributed by atoms with E-state index < -0.39 is 0 Å². The van der Waals surface area contributed by atoms with Gasteiger partial charge in [-0.2, -0.15) is 0 Å². The fourth-order valence-corrected chi connectivity index (χ4v) is 1.65. The Morgan fingerprint density at radius 2 is 1.72 bits per heavy atom. The van der Waals surface area contributed by atoms with Crippen molar-refractivity contribution in [1.29, 1.82) is 0 Å². The molecule has 0 aliphatic heterocycles. The van der Waals surface area contributed by atoms with Crippen LogP contribution in [0.5, 0.6) is 5.75 Å². The third kappa shape index (κ3) is 3.35. The zero-order chi connectivity index (χ0) is 12.8. The molecular formula is C15H15NO2. The van der Waals surface area contributed by atoms with Gasteiger partial charge in [0.15, 0.2) is 6.21 Å². The molecule has 0 saturated heterocycles. The summed E-state index contributed by atoms with van der Waals surface area (Å²) in [6, 6.07) is 17.4. The van der Waals surface area contributed by atoms with Crippen LogP contribution in [0.15, 0.2) is 54.6 Å². The van der Waals surface area contributed by atoms with E-state index in [4.69, 9.17) is 4.74 Å². The van der Waals surface area contributed by atoms with Crippen molar-refractivity contribution < 1.29 is 9.48 Å². The number of ether oxygens (including phenoxy) is 1. The van der Waals surface area contributed by atoms with E-state index in [0.29, 0.717) is 12.4 Å². The van der Waals surface area contributed by atoms with Crippen LogP contribution in [0.1, 0.15) is 11.1 Å². The Hall–Kier alpha value is -2.29. The van der Waals surface area contributed by atoms with Crippen LogP contribution in [-0.2, 0) is 6.61 Å². The molecule has 0 heterocycles. The van der Waals surface area contributed by atoms with Crippen LogP contribution in [0.25, 0.3) is 0 Å². The topological polar surface area (TPSA) is 35.3 Å². The van der Waals surface area contributed by atoms with Gasteiger partial charge in [-0.05, 0) is 17.7 Å². The summed E-state index contributed by atoms with van der Waals surface area (Å²) >= 11 is 0. The van der Waals surface area contributed by atoms with Crippen LogP contribution in [0.4, 0.5) is 0 Å². The van der Waals surface area contributed by atoms with E-state index in [0.717, 1.165) is 15.9 Å². The number of benzene rings is 2. The Kier molecular flexibility index (Phi) is 3.97. The molecule has 2 aromatic carbocycles. The van der Waals surface area contributed by atoms with Crippen molar-refractivity contribution in [3.05, 3.63) is 70.9 Å². The molecule has 0 N–H and O–H groups in total. The zero-order valence-electron chi connectivity index (χ0n) is 10.2. The van der Waals surface area contributed by atoms with Gasteiger partial charge in [0.2, 0.25) is 0 Å². The SMILES string of the molecule is C/[N+]([O-])=C\c1ccccc1OCc1ccccc1.